The Morgan fingerprint density at radius 3 is 2.58 bits per heavy atom. The molecule has 1 fully saturated rings. The van der Waals surface area contributed by atoms with Crippen LogP contribution >= 0.6 is 0 Å². The molecule has 2 N–H and O–H groups in total. The molecule has 0 atom stereocenters. The number of anilines is 1. The maximum absolute atomic E-state index is 14.6. The van der Waals surface area contributed by atoms with Crippen molar-refractivity contribution in [3.8, 4) is 0 Å². The number of aromatic nitrogens is 1. The molecule has 0 bridgehead atoms. The van der Waals surface area contributed by atoms with Gasteiger partial charge in [0.05, 0.1) is 11.9 Å². The second-order valence-electron chi connectivity index (χ2n) is 7.92. The molecule has 1 aliphatic carbocycles. The topological polar surface area (TPSA) is 68.5 Å². The van der Waals surface area contributed by atoms with Gasteiger partial charge in [0, 0.05) is 29.1 Å². The molecule has 0 spiro atoms. The number of carbonyl (C=O) groups is 1. The second-order valence-corrected chi connectivity index (χ2v) is 7.92. The second kappa shape index (κ2) is 7.19. The lowest BCUT2D eigenvalue weighted by Gasteiger charge is -2.37. The number of rotatable bonds is 2. The minimum absolute atomic E-state index is 0.0668. The molecule has 1 amide bonds. The summed E-state index contributed by atoms with van der Waals surface area (Å²) in [5.74, 6) is -0.445. The van der Waals surface area contributed by atoms with Gasteiger partial charge in [0.25, 0.3) is 0 Å². The van der Waals surface area contributed by atoms with E-state index in [2.05, 4.69) is 4.98 Å². The first kappa shape index (κ1) is 18.6. The number of hydrogen-bond acceptors (Lipinski definition) is 4. The number of ether oxygens (including phenoxy) is 1. The van der Waals surface area contributed by atoms with E-state index in [-0.39, 0.29) is 12.1 Å². The molecule has 3 rings (SSSR count). The number of nitrogens with two attached hydrogens (primary N) is 1. The quantitative estimate of drug-likeness (QED) is 0.864. The van der Waals surface area contributed by atoms with Crippen LogP contribution in [0.15, 0.2) is 30.6 Å². The van der Waals surface area contributed by atoms with Crippen LogP contribution in [-0.4, -0.2) is 28.8 Å². The van der Waals surface area contributed by atoms with Crippen LogP contribution in [0.4, 0.5) is 14.9 Å². The molecule has 0 unspecified atom stereocenters. The normalized spacial score (nSPS) is 20.8. The fraction of sp³-hybridized carbons (Fsp3) is 0.500. The zero-order chi connectivity index (χ0) is 18.9. The first-order valence-electron chi connectivity index (χ1n) is 9.06. The van der Waals surface area contributed by atoms with Crippen molar-refractivity contribution in [1.29, 1.82) is 0 Å². The molecule has 1 aliphatic rings. The van der Waals surface area contributed by atoms with E-state index >= 15 is 0 Å². The van der Waals surface area contributed by atoms with Crippen molar-refractivity contribution in [3.63, 3.8) is 0 Å². The lowest BCUT2D eigenvalue weighted by atomic mass is 9.90. The number of hydrogen-bond donors (Lipinski definition) is 1. The van der Waals surface area contributed by atoms with Crippen LogP contribution in [0.5, 0.6) is 0 Å². The third-order valence-corrected chi connectivity index (χ3v) is 4.67. The Labute approximate surface area is 153 Å². The first-order valence-corrected chi connectivity index (χ1v) is 9.06. The predicted octanol–water partition coefficient (Wildman–Crippen LogP) is 4.39. The van der Waals surface area contributed by atoms with Gasteiger partial charge < -0.3 is 10.5 Å². The van der Waals surface area contributed by atoms with Crippen LogP contribution in [0.2, 0.25) is 0 Å². The smallest absolute Gasteiger partial charge is 0.415 e. The van der Waals surface area contributed by atoms with Crippen LogP contribution in [0.25, 0.3) is 10.8 Å². The highest BCUT2D eigenvalue weighted by Gasteiger charge is 2.33. The van der Waals surface area contributed by atoms with Crippen LogP contribution in [0.1, 0.15) is 46.5 Å². The van der Waals surface area contributed by atoms with Gasteiger partial charge >= 0.3 is 6.09 Å². The highest BCUT2D eigenvalue weighted by molar-refractivity contribution is 6.02. The minimum atomic E-state index is -0.634. The molecule has 0 saturated heterocycles. The van der Waals surface area contributed by atoms with Crippen LogP contribution in [0.3, 0.4) is 0 Å². The maximum atomic E-state index is 14.6. The van der Waals surface area contributed by atoms with E-state index in [1.807, 2.05) is 26.8 Å². The van der Waals surface area contributed by atoms with E-state index in [1.165, 1.54) is 6.20 Å². The molecule has 1 saturated carbocycles. The summed E-state index contributed by atoms with van der Waals surface area (Å²) >= 11 is 0. The Bertz CT molecular complexity index is 790. The van der Waals surface area contributed by atoms with Gasteiger partial charge in [-0.05, 0) is 52.5 Å². The van der Waals surface area contributed by atoms with Crippen molar-refractivity contribution < 1.29 is 13.9 Å². The number of benzene rings is 1. The lowest BCUT2D eigenvalue weighted by molar-refractivity contribution is 0.0557. The summed E-state index contributed by atoms with van der Waals surface area (Å²) in [6.45, 7) is 5.48. The highest BCUT2D eigenvalue weighted by Crippen LogP contribution is 2.34. The molecule has 1 aromatic carbocycles. The third-order valence-electron chi connectivity index (χ3n) is 4.67. The zero-order valence-electron chi connectivity index (χ0n) is 15.5. The van der Waals surface area contributed by atoms with Crippen molar-refractivity contribution in [1.82, 2.24) is 4.98 Å². The van der Waals surface area contributed by atoms with Crippen LogP contribution < -0.4 is 10.6 Å². The van der Waals surface area contributed by atoms with Gasteiger partial charge in [-0.1, -0.05) is 12.1 Å². The van der Waals surface area contributed by atoms with Crippen molar-refractivity contribution in [2.75, 3.05) is 4.90 Å². The number of carbonyl (C=O) groups excluding carboxylic acids is 1. The fourth-order valence-corrected chi connectivity index (χ4v) is 3.49. The summed E-state index contributed by atoms with van der Waals surface area (Å²) in [4.78, 5) is 18.6. The van der Waals surface area contributed by atoms with E-state index in [9.17, 15) is 9.18 Å². The number of fused-ring (bicyclic) bond motifs is 1. The summed E-state index contributed by atoms with van der Waals surface area (Å²) in [6, 6.07) is 5.45. The maximum Gasteiger partial charge on any atom is 0.415 e. The summed E-state index contributed by atoms with van der Waals surface area (Å²) in [6.07, 6.45) is 5.52. The predicted molar refractivity (Wildman–Crippen MR) is 101 cm³/mol. The van der Waals surface area contributed by atoms with Crippen LogP contribution in [-0.2, 0) is 4.74 Å². The third kappa shape index (κ3) is 3.96. The Balaban J connectivity index is 2.07. The van der Waals surface area contributed by atoms with Gasteiger partial charge in [-0.15, -0.1) is 0 Å². The molecule has 0 aliphatic heterocycles. The summed E-state index contributed by atoms with van der Waals surface area (Å²) < 4.78 is 20.2. The standard InChI is InChI=1S/C20H26FN3O2/c1-20(2,3)26-19(25)24(15-9-7-14(22)8-10-15)17-6-4-5-13-11-23-12-16(21)18(13)17/h4-6,11-12,14-15H,7-10,22H2,1-3H3. The minimum Gasteiger partial charge on any atom is -0.443 e. The number of amides is 1. The Morgan fingerprint density at radius 2 is 1.92 bits per heavy atom. The van der Waals surface area contributed by atoms with E-state index in [0.717, 1.165) is 25.7 Å². The van der Waals surface area contributed by atoms with E-state index in [4.69, 9.17) is 10.5 Å². The number of pyridine rings is 1. The molecule has 140 valence electrons. The molecular weight excluding hydrogens is 333 g/mol. The zero-order valence-corrected chi connectivity index (χ0v) is 15.5. The average Bonchev–Trinajstić information content (AvgIpc) is 2.55. The highest BCUT2D eigenvalue weighted by atomic mass is 19.1. The molecular formula is C20H26FN3O2. The monoisotopic (exact) mass is 359 g/mol. The van der Waals surface area contributed by atoms with E-state index in [0.29, 0.717) is 16.5 Å². The first-order chi connectivity index (χ1) is 12.3. The largest absolute Gasteiger partial charge is 0.443 e. The molecule has 6 heteroatoms. The molecule has 26 heavy (non-hydrogen) atoms. The summed E-state index contributed by atoms with van der Waals surface area (Å²) in [5, 5.41) is 1.05. The van der Waals surface area contributed by atoms with Gasteiger partial charge in [0.2, 0.25) is 0 Å². The SMILES string of the molecule is CC(C)(C)OC(=O)N(c1cccc2cncc(F)c12)C1CCC(N)CC1. The van der Waals surface area contributed by atoms with Crippen molar-refractivity contribution in [2.45, 2.75) is 64.1 Å². The average molecular weight is 359 g/mol. The Morgan fingerprint density at radius 1 is 1.23 bits per heavy atom. The molecule has 1 aromatic heterocycles. The van der Waals surface area contributed by atoms with Crippen molar-refractivity contribution >= 4 is 22.6 Å². The lowest BCUT2D eigenvalue weighted by Crippen LogP contribution is -2.46. The molecule has 1 heterocycles. The molecule has 2 aromatic rings. The van der Waals surface area contributed by atoms with Gasteiger partial charge in [-0.2, -0.15) is 0 Å². The van der Waals surface area contributed by atoms with E-state index < -0.39 is 17.5 Å². The number of nitrogens with zero attached hydrogens (tertiary/aromatic N) is 2. The van der Waals surface area contributed by atoms with Gasteiger partial charge in [-0.3, -0.25) is 9.88 Å². The molecule has 5 nitrogen and oxygen atoms in total. The Hall–Kier alpha value is -2.21. The van der Waals surface area contributed by atoms with Gasteiger partial charge in [-0.25, -0.2) is 9.18 Å². The van der Waals surface area contributed by atoms with Gasteiger partial charge in [0.1, 0.15) is 5.60 Å². The molecule has 0 radical (unpaired) electrons. The van der Waals surface area contributed by atoms with Crippen molar-refractivity contribution in [3.05, 3.63) is 36.4 Å². The van der Waals surface area contributed by atoms with Gasteiger partial charge in [0.15, 0.2) is 5.82 Å². The summed E-state index contributed by atoms with van der Waals surface area (Å²) in [7, 11) is 0. The van der Waals surface area contributed by atoms with E-state index in [1.54, 1.807) is 23.2 Å². The van der Waals surface area contributed by atoms with Crippen molar-refractivity contribution in [2.24, 2.45) is 5.73 Å². The fourth-order valence-electron chi connectivity index (χ4n) is 3.49. The Kier molecular flexibility index (Phi) is 5.14. The summed E-state index contributed by atoms with van der Waals surface area (Å²) in [5.41, 5.74) is 5.92. The number of halogens is 1. The van der Waals surface area contributed by atoms with Crippen LogP contribution in [0, 0.1) is 5.82 Å².